The van der Waals surface area contributed by atoms with Crippen LogP contribution in [0.1, 0.15) is 11.1 Å². The lowest BCUT2D eigenvalue weighted by atomic mass is 10.2. The van der Waals surface area contributed by atoms with Gasteiger partial charge in [0.15, 0.2) is 6.61 Å². The van der Waals surface area contributed by atoms with E-state index in [4.69, 9.17) is 9.47 Å². The molecule has 2 rings (SSSR count). The predicted molar refractivity (Wildman–Crippen MR) is 74.6 cm³/mol. The molecule has 0 heterocycles. The summed E-state index contributed by atoms with van der Waals surface area (Å²) < 4.78 is 10.4. The van der Waals surface area contributed by atoms with Crippen LogP contribution in [0.25, 0.3) is 0 Å². The Morgan fingerprint density at radius 3 is 2.60 bits per heavy atom. The molecule has 0 aromatic heterocycles. The smallest absolute Gasteiger partial charge is 0.344 e. The van der Waals surface area contributed by atoms with Crippen LogP contribution >= 0.6 is 0 Å². The third-order valence-electron chi connectivity index (χ3n) is 2.63. The molecule has 0 aliphatic rings. The quantitative estimate of drug-likeness (QED) is 0.850. The van der Waals surface area contributed by atoms with Crippen LogP contribution in [0.5, 0.6) is 11.5 Å². The lowest BCUT2D eigenvalue weighted by molar-refractivity contribution is -0.147. The van der Waals surface area contributed by atoms with Crippen LogP contribution in [0.3, 0.4) is 0 Å². The van der Waals surface area contributed by atoms with Crippen LogP contribution in [-0.4, -0.2) is 17.7 Å². The summed E-state index contributed by atoms with van der Waals surface area (Å²) in [6, 6.07) is 14.2. The first-order valence-electron chi connectivity index (χ1n) is 6.26. The van der Waals surface area contributed by atoms with Crippen LogP contribution in [0.4, 0.5) is 0 Å². The Hall–Kier alpha value is -2.49. The molecule has 0 aliphatic heterocycles. The maximum Gasteiger partial charge on any atom is 0.344 e. The second-order valence-electron chi connectivity index (χ2n) is 4.44. The normalized spacial score (nSPS) is 10.1. The van der Waals surface area contributed by atoms with E-state index in [0.717, 1.165) is 11.1 Å². The zero-order valence-electron chi connectivity index (χ0n) is 11.2. The monoisotopic (exact) mass is 272 g/mol. The number of phenolic OH excluding ortho intramolecular Hbond substituents is 1. The van der Waals surface area contributed by atoms with E-state index in [2.05, 4.69) is 0 Å². The number of hydrogen-bond donors (Lipinski definition) is 1. The highest BCUT2D eigenvalue weighted by Crippen LogP contribution is 2.21. The number of benzene rings is 2. The van der Waals surface area contributed by atoms with Gasteiger partial charge in [-0.2, -0.15) is 0 Å². The van der Waals surface area contributed by atoms with Crippen molar-refractivity contribution in [2.45, 2.75) is 13.5 Å². The second kappa shape index (κ2) is 6.61. The van der Waals surface area contributed by atoms with Crippen molar-refractivity contribution >= 4 is 5.97 Å². The van der Waals surface area contributed by atoms with Gasteiger partial charge in [-0.05, 0) is 30.2 Å². The molecule has 0 unspecified atom stereocenters. The maximum atomic E-state index is 11.5. The fourth-order valence-corrected chi connectivity index (χ4v) is 1.73. The summed E-state index contributed by atoms with van der Waals surface area (Å²) in [6.07, 6.45) is 0. The first-order valence-corrected chi connectivity index (χ1v) is 6.26. The Labute approximate surface area is 117 Å². The van der Waals surface area contributed by atoms with Gasteiger partial charge >= 0.3 is 5.97 Å². The average Bonchev–Trinajstić information content (AvgIpc) is 2.43. The molecule has 0 atom stereocenters. The number of carbonyl (C=O) groups excluding carboxylic acids is 1. The van der Waals surface area contributed by atoms with Crippen LogP contribution in [0.2, 0.25) is 0 Å². The van der Waals surface area contributed by atoms with E-state index >= 15 is 0 Å². The van der Waals surface area contributed by atoms with Gasteiger partial charge in [0.25, 0.3) is 0 Å². The van der Waals surface area contributed by atoms with E-state index in [0.29, 0.717) is 5.75 Å². The number of aryl methyl sites for hydroxylation is 1. The van der Waals surface area contributed by atoms with Crippen molar-refractivity contribution in [3.63, 3.8) is 0 Å². The molecule has 0 aliphatic carbocycles. The van der Waals surface area contributed by atoms with Gasteiger partial charge in [0.1, 0.15) is 18.1 Å². The minimum Gasteiger partial charge on any atom is -0.508 e. The fraction of sp³-hybridized carbons (Fsp3) is 0.188. The van der Waals surface area contributed by atoms with Gasteiger partial charge in [0.2, 0.25) is 0 Å². The van der Waals surface area contributed by atoms with Crippen molar-refractivity contribution in [1.82, 2.24) is 0 Å². The number of hydrogen-bond acceptors (Lipinski definition) is 4. The van der Waals surface area contributed by atoms with Gasteiger partial charge in [-0.25, -0.2) is 4.79 Å². The van der Waals surface area contributed by atoms with E-state index in [1.54, 1.807) is 12.1 Å². The van der Waals surface area contributed by atoms with E-state index in [1.807, 2.05) is 37.3 Å². The zero-order chi connectivity index (χ0) is 14.4. The number of phenols is 1. The van der Waals surface area contributed by atoms with Crippen LogP contribution in [-0.2, 0) is 16.1 Å². The van der Waals surface area contributed by atoms with Crippen molar-refractivity contribution in [2.75, 3.05) is 6.61 Å². The summed E-state index contributed by atoms with van der Waals surface area (Å²) in [7, 11) is 0. The SMILES string of the molecule is Cc1cc(O)cc(OCC(=O)OCc2ccccc2)c1. The molecule has 0 amide bonds. The number of carbonyl (C=O) groups is 1. The molecule has 20 heavy (non-hydrogen) atoms. The Balaban J connectivity index is 1.80. The highest BCUT2D eigenvalue weighted by atomic mass is 16.6. The summed E-state index contributed by atoms with van der Waals surface area (Å²) in [4.78, 5) is 11.5. The van der Waals surface area contributed by atoms with Crippen LogP contribution in [0, 0.1) is 6.92 Å². The zero-order valence-corrected chi connectivity index (χ0v) is 11.2. The van der Waals surface area contributed by atoms with Gasteiger partial charge in [0.05, 0.1) is 0 Å². The molecule has 0 saturated heterocycles. The van der Waals surface area contributed by atoms with E-state index < -0.39 is 5.97 Å². The molecule has 4 heteroatoms. The lowest BCUT2D eigenvalue weighted by Gasteiger charge is -2.08. The van der Waals surface area contributed by atoms with Gasteiger partial charge in [-0.15, -0.1) is 0 Å². The fourth-order valence-electron chi connectivity index (χ4n) is 1.73. The maximum absolute atomic E-state index is 11.5. The minimum atomic E-state index is -0.449. The molecule has 0 radical (unpaired) electrons. The molecule has 2 aromatic rings. The third-order valence-corrected chi connectivity index (χ3v) is 2.63. The van der Waals surface area contributed by atoms with E-state index in [1.165, 1.54) is 6.07 Å². The Morgan fingerprint density at radius 2 is 1.90 bits per heavy atom. The highest BCUT2D eigenvalue weighted by molar-refractivity contribution is 5.71. The summed E-state index contributed by atoms with van der Waals surface area (Å²) >= 11 is 0. The second-order valence-corrected chi connectivity index (χ2v) is 4.44. The molecular weight excluding hydrogens is 256 g/mol. The minimum absolute atomic E-state index is 0.109. The first kappa shape index (κ1) is 13.9. The number of rotatable bonds is 5. The van der Waals surface area contributed by atoms with Crippen molar-refractivity contribution < 1.29 is 19.4 Å². The highest BCUT2D eigenvalue weighted by Gasteiger charge is 2.06. The Bertz CT molecular complexity index is 558. The lowest BCUT2D eigenvalue weighted by Crippen LogP contribution is -2.14. The molecule has 0 fully saturated rings. The molecule has 0 saturated carbocycles. The van der Waals surface area contributed by atoms with Gasteiger partial charge in [0, 0.05) is 6.07 Å². The molecule has 2 aromatic carbocycles. The number of ether oxygens (including phenoxy) is 2. The molecular formula is C16H16O4. The van der Waals surface area contributed by atoms with Crippen molar-refractivity contribution in [2.24, 2.45) is 0 Å². The average molecular weight is 272 g/mol. The van der Waals surface area contributed by atoms with Crippen molar-refractivity contribution in [3.05, 3.63) is 59.7 Å². The summed E-state index contributed by atoms with van der Waals surface area (Å²) in [5.41, 5.74) is 1.78. The van der Waals surface area contributed by atoms with Gasteiger partial charge in [-0.3, -0.25) is 0 Å². The van der Waals surface area contributed by atoms with E-state index in [9.17, 15) is 9.90 Å². The number of aromatic hydroxyl groups is 1. The standard InChI is InChI=1S/C16H16O4/c1-12-7-14(17)9-15(8-12)19-11-16(18)20-10-13-5-3-2-4-6-13/h2-9,17H,10-11H2,1H3. The molecule has 1 N–H and O–H groups in total. The third kappa shape index (κ3) is 4.31. The Kier molecular flexibility index (Phi) is 4.60. The van der Waals surface area contributed by atoms with E-state index in [-0.39, 0.29) is 19.0 Å². The first-order chi connectivity index (χ1) is 9.63. The predicted octanol–water partition coefficient (Wildman–Crippen LogP) is 2.82. The van der Waals surface area contributed by atoms with Crippen LogP contribution in [0.15, 0.2) is 48.5 Å². The molecule has 4 nitrogen and oxygen atoms in total. The summed E-state index contributed by atoms with van der Waals surface area (Å²) in [5.74, 6) is 0.103. The Morgan fingerprint density at radius 1 is 1.15 bits per heavy atom. The van der Waals surface area contributed by atoms with Gasteiger partial charge in [-0.1, -0.05) is 30.3 Å². The molecule has 0 bridgehead atoms. The molecule has 0 spiro atoms. The summed E-state index contributed by atoms with van der Waals surface area (Å²) in [5, 5.41) is 9.41. The van der Waals surface area contributed by atoms with Crippen molar-refractivity contribution in [3.8, 4) is 11.5 Å². The summed E-state index contributed by atoms with van der Waals surface area (Å²) in [6.45, 7) is 1.87. The number of esters is 1. The topological polar surface area (TPSA) is 55.8 Å². The van der Waals surface area contributed by atoms with Crippen molar-refractivity contribution in [1.29, 1.82) is 0 Å². The largest absolute Gasteiger partial charge is 0.508 e. The molecule has 104 valence electrons. The van der Waals surface area contributed by atoms with Gasteiger partial charge < -0.3 is 14.6 Å². The van der Waals surface area contributed by atoms with Crippen LogP contribution < -0.4 is 4.74 Å².